The van der Waals surface area contributed by atoms with E-state index in [0.717, 1.165) is 12.4 Å². The molecule has 0 aliphatic rings. The zero-order chi connectivity index (χ0) is 14.9. The average Bonchev–Trinajstić information content (AvgIpc) is 2.28. The first-order chi connectivity index (χ1) is 8.50. The lowest BCUT2D eigenvalue weighted by Gasteiger charge is -2.29. The van der Waals surface area contributed by atoms with Crippen molar-refractivity contribution in [2.75, 3.05) is 0 Å². The molecule has 0 atom stereocenters. The van der Waals surface area contributed by atoms with E-state index in [-0.39, 0.29) is 0 Å². The molecule has 1 aromatic heterocycles. The molecule has 0 aliphatic carbocycles. The summed E-state index contributed by atoms with van der Waals surface area (Å²) >= 11 is 0. The van der Waals surface area contributed by atoms with E-state index in [0.29, 0.717) is 4.68 Å². The highest BCUT2D eigenvalue weighted by Crippen LogP contribution is 2.46. The van der Waals surface area contributed by atoms with Gasteiger partial charge in [-0.05, 0) is 5.10 Å². The summed E-state index contributed by atoms with van der Waals surface area (Å²) in [6, 6.07) is 3.80. The van der Waals surface area contributed by atoms with Gasteiger partial charge in [0.1, 0.15) is 5.90 Å². The Morgan fingerprint density at radius 2 is 1.37 bits per heavy atom. The van der Waals surface area contributed by atoms with Crippen molar-refractivity contribution in [2.24, 2.45) is 5.10 Å². The second kappa shape index (κ2) is 4.67. The molecular weight excluding hydrogens is 285 g/mol. The van der Waals surface area contributed by atoms with Crippen LogP contribution >= 0.6 is 0 Å². The van der Waals surface area contributed by atoms with Crippen LogP contribution in [-0.4, -0.2) is 23.9 Å². The fraction of sp³-hybridized carbons (Fsp3) is 0.333. The molecule has 1 heterocycles. The van der Waals surface area contributed by atoms with E-state index in [1.165, 1.54) is 18.2 Å². The normalized spacial score (nSPS) is 14.6. The Morgan fingerprint density at radius 1 is 0.895 bits per heavy atom. The highest BCUT2D eigenvalue weighted by Gasteiger charge is 2.73. The first kappa shape index (κ1) is 15.2. The fourth-order valence-corrected chi connectivity index (χ4v) is 0.936. The van der Waals surface area contributed by atoms with Gasteiger partial charge in [0, 0.05) is 12.1 Å². The number of rotatable bonds is 3. The fourth-order valence-electron chi connectivity index (χ4n) is 0.936. The van der Waals surface area contributed by atoms with Gasteiger partial charge in [-0.2, -0.15) is 30.7 Å². The maximum absolute atomic E-state index is 12.9. The van der Waals surface area contributed by atoms with Crippen LogP contribution in [0.25, 0.3) is 0 Å². The molecule has 0 saturated carbocycles. The van der Waals surface area contributed by atoms with Gasteiger partial charge >= 0.3 is 18.0 Å². The van der Waals surface area contributed by atoms with Gasteiger partial charge in [0.15, 0.2) is 0 Å². The molecule has 0 aromatic carbocycles. The van der Waals surface area contributed by atoms with Gasteiger partial charge < -0.3 is 5.11 Å². The topological polar surface area (TPSA) is 39.3 Å². The van der Waals surface area contributed by atoms with Gasteiger partial charge in [-0.1, -0.05) is 10.7 Å². The van der Waals surface area contributed by atoms with E-state index >= 15 is 0 Å². The number of hydrogen-bond donors (Lipinski definition) is 0. The second-order valence-corrected chi connectivity index (χ2v) is 3.31. The number of hydrogen-bond acceptors (Lipinski definition) is 2. The van der Waals surface area contributed by atoms with Crippen molar-refractivity contribution in [3.05, 3.63) is 30.6 Å². The minimum atomic E-state index is -6.57. The van der Waals surface area contributed by atoms with Crippen molar-refractivity contribution in [1.82, 2.24) is 0 Å². The third-order valence-electron chi connectivity index (χ3n) is 1.93. The summed E-state index contributed by atoms with van der Waals surface area (Å²) in [6.45, 7) is 0. The summed E-state index contributed by atoms with van der Waals surface area (Å²) in [5, 5.41) is 13.3. The van der Waals surface area contributed by atoms with Crippen LogP contribution in [0.1, 0.15) is 0 Å². The molecule has 0 fully saturated rings. The summed E-state index contributed by atoms with van der Waals surface area (Å²) in [4.78, 5) is 0. The van der Waals surface area contributed by atoms with Gasteiger partial charge in [0.25, 0.3) is 0 Å². The van der Waals surface area contributed by atoms with Crippen LogP contribution in [0, 0.1) is 0 Å². The molecule has 1 rings (SSSR count). The van der Waals surface area contributed by atoms with Crippen LogP contribution in [0.15, 0.2) is 35.7 Å². The summed E-state index contributed by atoms with van der Waals surface area (Å²) in [5.41, 5.74) is 0. The van der Waals surface area contributed by atoms with E-state index in [1.54, 1.807) is 0 Å². The van der Waals surface area contributed by atoms with Crippen LogP contribution in [0.5, 0.6) is 0 Å². The first-order valence-electron chi connectivity index (χ1n) is 4.55. The SMILES string of the molecule is [O-]/C(=N/[n+]1ccccc1)C(F)(F)C(F)(F)C(F)(F)F. The van der Waals surface area contributed by atoms with Crippen LogP contribution in [-0.2, 0) is 0 Å². The molecule has 1 aromatic rings. The van der Waals surface area contributed by atoms with Gasteiger partial charge in [-0.25, -0.2) is 0 Å². The third-order valence-corrected chi connectivity index (χ3v) is 1.93. The van der Waals surface area contributed by atoms with Crippen LogP contribution in [0.4, 0.5) is 30.7 Å². The highest BCUT2D eigenvalue weighted by molar-refractivity contribution is 5.80. The Labute approximate surface area is 101 Å². The standard InChI is InChI=1S/C9H5F7N2O/c10-7(11,8(12,13)9(14,15)16)6(19)17-18-4-2-1-3-5-18/h1-5H. The van der Waals surface area contributed by atoms with E-state index in [1.807, 2.05) is 0 Å². The predicted molar refractivity (Wildman–Crippen MR) is 45.4 cm³/mol. The molecule has 106 valence electrons. The predicted octanol–water partition coefficient (Wildman–Crippen LogP) is 1.33. The monoisotopic (exact) mass is 290 g/mol. The third kappa shape index (κ3) is 2.76. The molecule has 0 bridgehead atoms. The molecule has 0 amide bonds. The van der Waals surface area contributed by atoms with E-state index in [2.05, 4.69) is 5.10 Å². The van der Waals surface area contributed by atoms with Crippen molar-refractivity contribution in [2.45, 2.75) is 18.0 Å². The maximum atomic E-state index is 12.9. The molecule has 0 saturated heterocycles. The summed E-state index contributed by atoms with van der Waals surface area (Å²) in [5.74, 6) is -15.4. The van der Waals surface area contributed by atoms with E-state index < -0.39 is 23.9 Å². The number of aromatic nitrogens is 1. The lowest BCUT2D eigenvalue weighted by molar-refractivity contribution is -0.682. The average molecular weight is 290 g/mol. The van der Waals surface area contributed by atoms with Crippen LogP contribution in [0.2, 0.25) is 0 Å². The molecule has 0 radical (unpaired) electrons. The Bertz CT molecular complexity index is 469. The minimum Gasteiger partial charge on any atom is -0.853 e. The maximum Gasteiger partial charge on any atom is 0.460 e. The smallest absolute Gasteiger partial charge is 0.460 e. The molecule has 10 heteroatoms. The van der Waals surface area contributed by atoms with Crippen molar-refractivity contribution in [1.29, 1.82) is 0 Å². The Hall–Kier alpha value is -1.87. The van der Waals surface area contributed by atoms with Gasteiger partial charge in [0.2, 0.25) is 12.4 Å². The van der Waals surface area contributed by atoms with E-state index in [4.69, 9.17) is 0 Å². The second-order valence-electron chi connectivity index (χ2n) is 3.31. The quantitative estimate of drug-likeness (QED) is 0.358. The number of alkyl halides is 7. The molecule has 0 N–H and O–H groups in total. The molecule has 0 spiro atoms. The zero-order valence-electron chi connectivity index (χ0n) is 8.84. The summed E-state index contributed by atoms with van der Waals surface area (Å²) in [7, 11) is 0. The number of pyridine rings is 1. The van der Waals surface area contributed by atoms with Crippen LogP contribution in [0.3, 0.4) is 0 Å². The van der Waals surface area contributed by atoms with Gasteiger partial charge in [0.05, 0.1) is 0 Å². The zero-order valence-corrected chi connectivity index (χ0v) is 8.84. The van der Waals surface area contributed by atoms with E-state index in [9.17, 15) is 35.8 Å². The van der Waals surface area contributed by atoms with Crippen molar-refractivity contribution < 1.29 is 40.5 Å². The lowest BCUT2D eigenvalue weighted by Crippen LogP contribution is -2.60. The minimum absolute atomic E-state index is 0.392. The number of halogens is 7. The van der Waals surface area contributed by atoms with Gasteiger partial charge in [-0.15, -0.1) is 0 Å². The lowest BCUT2D eigenvalue weighted by atomic mass is 10.1. The molecule has 0 unspecified atom stereocenters. The Morgan fingerprint density at radius 3 is 1.79 bits per heavy atom. The number of nitrogens with zero attached hydrogens (tertiary/aromatic N) is 2. The van der Waals surface area contributed by atoms with Gasteiger partial charge in [-0.3, -0.25) is 0 Å². The largest absolute Gasteiger partial charge is 0.853 e. The van der Waals surface area contributed by atoms with Crippen molar-refractivity contribution in [3.63, 3.8) is 0 Å². The molecule has 3 nitrogen and oxygen atoms in total. The van der Waals surface area contributed by atoms with Crippen molar-refractivity contribution >= 4 is 5.90 Å². The molecular formula is C9H5F7N2O. The molecule has 0 aliphatic heterocycles. The van der Waals surface area contributed by atoms with Crippen LogP contribution < -0.4 is 9.78 Å². The Kier molecular flexibility index (Phi) is 3.73. The summed E-state index contributed by atoms with van der Waals surface area (Å²) in [6.07, 6.45) is -4.73. The Balaban J connectivity index is 3.17. The molecule has 19 heavy (non-hydrogen) atoms. The summed E-state index contributed by atoms with van der Waals surface area (Å²) < 4.78 is 86.5. The van der Waals surface area contributed by atoms with Crippen molar-refractivity contribution in [3.8, 4) is 0 Å². The highest BCUT2D eigenvalue weighted by atomic mass is 19.4. The first-order valence-corrected chi connectivity index (χ1v) is 4.55.